The Bertz CT molecular complexity index is 925. The van der Waals surface area contributed by atoms with Crippen LogP contribution in [0.2, 0.25) is 0 Å². The van der Waals surface area contributed by atoms with Crippen molar-refractivity contribution in [3.05, 3.63) is 54.1 Å². The average Bonchev–Trinajstić information content (AvgIpc) is 2.67. The molecular weight excluding hydrogens is 364 g/mol. The van der Waals surface area contributed by atoms with Gasteiger partial charge in [0.15, 0.2) is 6.10 Å². The quantitative estimate of drug-likeness (QED) is 0.855. The van der Waals surface area contributed by atoms with Gasteiger partial charge < -0.3 is 10.1 Å². The van der Waals surface area contributed by atoms with Gasteiger partial charge >= 0.3 is 0 Å². The van der Waals surface area contributed by atoms with Crippen LogP contribution < -0.4 is 14.4 Å². The molecule has 2 aromatic rings. The van der Waals surface area contributed by atoms with Gasteiger partial charge in [0.2, 0.25) is 0 Å². The summed E-state index contributed by atoms with van der Waals surface area (Å²) >= 11 is 0. The van der Waals surface area contributed by atoms with Crippen LogP contribution in [0.1, 0.15) is 25.8 Å². The summed E-state index contributed by atoms with van der Waals surface area (Å²) < 4.78 is 33.6. The van der Waals surface area contributed by atoms with Crippen molar-refractivity contribution in [3.8, 4) is 5.75 Å². The smallest absolute Gasteiger partial charge is 0.264 e. The van der Waals surface area contributed by atoms with E-state index in [-0.39, 0.29) is 23.4 Å². The van der Waals surface area contributed by atoms with Crippen LogP contribution in [0.3, 0.4) is 0 Å². The zero-order valence-electron chi connectivity index (χ0n) is 15.7. The Hall–Kier alpha value is -2.54. The molecule has 2 atom stereocenters. The topological polar surface area (TPSA) is 75.7 Å². The van der Waals surface area contributed by atoms with Gasteiger partial charge in [-0.2, -0.15) is 0 Å². The minimum absolute atomic E-state index is 0.0135. The molecule has 1 heterocycles. The van der Waals surface area contributed by atoms with E-state index in [1.165, 1.54) is 4.31 Å². The van der Waals surface area contributed by atoms with Crippen molar-refractivity contribution in [1.29, 1.82) is 0 Å². The van der Waals surface area contributed by atoms with Gasteiger partial charge in [0.1, 0.15) is 5.75 Å². The summed E-state index contributed by atoms with van der Waals surface area (Å²) in [7, 11) is -3.82. The van der Waals surface area contributed by atoms with Crippen molar-refractivity contribution >= 4 is 21.6 Å². The molecule has 6 nitrogen and oxygen atoms in total. The second-order valence-corrected chi connectivity index (χ2v) is 8.60. The van der Waals surface area contributed by atoms with Crippen LogP contribution in [-0.4, -0.2) is 33.0 Å². The first-order valence-corrected chi connectivity index (χ1v) is 10.4. The van der Waals surface area contributed by atoms with Crippen LogP contribution in [0, 0.1) is 6.92 Å². The first-order chi connectivity index (χ1) is 12.8. The Morgan fingerprint density at radius 1 is 1.22 bits per heavy atom. The predicted octanol–water partition coefficient (Wildman–Crippen LogP) is 2.87. The molecule has 3 rings (SSSR count). The Labute approximate surface area is 160 Å². The molecule has 0 fully saturated rings. The minimum Gasteiger partial charge on any atom is -0.476 e. The van der Waals surface area contributed by atoms with Gasteiger partial charge in [-0.15, -0.1) is 0 Å². The van der Waals surface area contributed by atoms with Crippen molar-refractivity contribution in [2.75, 3.05) is 10.8 Å². The second-order valence-electron chi connectivity index (χ2n) is 6.74. The molecule has 1 aliphatic heterocycles. The molecule has 1 aliphatic rings. The van der Waals surface area contributed by atoms with Gasteiger partial charge in [0.05, 0.1) is 17.1 Å². The summed E-state index contributed by atoms with van der Waals surface area (Å²) in [6.45, 7) is 5.69. The van der Waals surface area contributed by atoms with Crippen LogP contribution in [-0.2, 0) is 14.8 Å². The van der Waals surface area contributed by atoms with E-state index in [1.54, 1.807) is 48.5 Å². The Balaban J connectivity index is 1.98. The van der Waals surface area contributed by atoms with E-state index in [0.29, 0.717) is 11.4 Å². The zero-order valence-corrected chi connectivity index (χ0v) is 16.5. The number of hydrogen-bond donors (Lipinski definition) is 1. The summed E-state index contributed by atoms with van der Waals surface area (Å²) in [5.74, 6) is 0.0618. The van der Waals surface area contributed by atoms with Crippen LogP contribution in [0.5, 0.6) is 5.75 Å². The molecule has 1 amide bonds. The zero-order chi connectivity index (χ0) is 19.6. The number of fused-ring (bicyclic) bond motifs is 1. The number of anilines is 1. The fraction of sp³-hybridized carbons (Fsp3) is 0.350. The van der Waals surface area contributed by atoms with E-state index < -0.39 is 16.1 Å². The first-order valence-electron chi connectivity index (χ1n) is 8.98. The molecule has 7 heteroatoms. The van der Waals surface area contributed by atoms with E-state index in [1.807, 2.05) is 20.8 Å². The number of rotatable bonds is 5. The Morgan fingerprint density at radius 2 is 1.89 bits per heavy atom. The van der Waals surface area contributed by atoms with Gasteiger partial charge in [-0.1, -0.05) is 36.8 Å². The summed E-state index contributed by atoms with van der Waals surface area (Å²) in [5, 5.41) is 2.86. The molecule has 0 unspecified atom stereocenters. The number of benzene rings is 2. The standard InChI is InChI=1S/C20H24N2O4S/c1-4-15(3)21-20(23)19-13-22(17-7-5-6-8-18(17)26-19)27(24,25)16-11-9-14(2)10-12-16/h5-12,15,19H,4,13H2,1-3H3,(H,21,23)/t15-,19-/m0/s1. The lowest BCUT2D eigenvalue weighted by Gasteiger charge is -2.35. The number of sulfonamides is 1. The molecule has 0 spiro atoms. The van der Waals surface area contributed by atoms with Crippen molar-refractivity contribution in [2.24, 2.45) is 0 Å². The summed E-state index contributed by atoms with van der Waals surface area (Å²) in [4.78, 5) is 12.8. The lowest BCUT2D eigenvalue weighted by atomic mass is 10.2. The molecule has 1 N–H and O–H groups in total. The third-order valence-corrected chi connectivity index (χ3v) is 6.43. The maximum atomic E-state index is 13.2. The molecule has 2 aromatic carbocycles. The highest BCUT2D eigenvalue weighted by Crippen LogP contribution is 2.36. The van der Waals surface area contributed by atoms with Gasteiger partial charge in [-0.25, -0.2) is 8.42 Å². The SMILES string of the molecule is CC[C@H](C)NC(=O)[C@@H]1CN(S(=O)(=O)c2ccc(C)cc2)c2ccccc2O1. The predicted molar refractivity (Wildman–Crippen MR) is 104 cm³/mol. The maximum Gasteiger partial charge on any atom is 0.264 e. The molecule has 0 saturated heterocycles. The normalized spacial score (nSPS) is 17.6. The molecule has 0 aromatic heterocycles. The van der Waals surface area contributed by atoms with E-state index >= 15 is 0 Å². The van der Waals surface area contributed by atoms with Gasteiger partial charge in [-0.3, -0.25) is 9.10 Å². The molecular formula is C20H24N2O4S. The van der Waals surface area contributed by atoms with E-state index in [0.717, 1.165) is 12.0 Å². The number of nitrogens with zero attached hydrogens (tertiary/aromatic N) is 1. The number of para-hydroxylation sites is 2. The van der Waals surface area contributed by atoms with E-state index in [4.69, 9.17) is 4.74 Å². The third-order valence-electron chi connectivity index (χ3n) is 4.64. The number of carbonyl (C=O) groups excluding carboxylic acids is 1. The molecule has 0 aliphatic carbocycles. The summed E-state index contributed by atoms with van der Waals surface area (Å²) in [6, 6.07) is 13.5. The first kappa shape index (κ1) is 19.2. The number of hydrogen-bond acceptors (Lipinski definition) is 4. The van der Waals surface area contributed by atoms with Gasteiger partial charge in [0, 0.05) is 6.04 Å². The number of aryl methyl sites for hydroxylation is 1. The summed E-state index contributed by atoms with van der Waals surface area (Å²) in [6.07, 6.45) is -0.130. The second kappa shape index (κ2) is 7.60. The van der Waals surface area contributed by atoms with Gasteiger partial charge in [-0.05, 0) is 44.5 Å². The molecule has 0 radical (unpaired) electrons. The van der Waals surface area contributed by atoms with Crippen molar-refractivity contribution in [3.63, 3.8) is 0 Å². The highest BCUT2D eigenvalue weighted by atomic mass is 32.2. The average molecular weight is 388 g/mol. The molecule has 0 bridgehead atoms. The largest absolute Gasteiger partial charge is 0.476 e. The highest BCUT2D eigenvalue weighted by molar-refractivity contribution is 7.92. The Morgan fingerprint density at radius 3 is 2.56 bits per heavy atom. The fourth-order valence-electron chi connectivity index (χ4n) is 2.84. The number of amides is 1. The van der Waals surface area contributed by atoms with Crippen molar-refractivity contribution < 1.29 is 17.9 Å². The Kier molecular flexibility index (Phi) is 5.41. The molecule has 144 valence electrons. The number of nitrogens with one attached hydrogen (secondary N) is 1. The lowest BCUT2D eigenvalue weighted by Crippen LogP contribution is -2.52. The monoisotopic (exact) mass is 388 g/mol. The highest BCUT2D eigenvalue weighted by Gasteiger charge is 2.37. The molecule has 27 heavy (non-hydrogen) atoms. The third kappa shape index (κ3) is 3.93. The minimum atomic E-state index is -3.82. The van der Waals surface area contributed by atoms with Crippen molar-refractivity contribution in [1.82, 2.24) is 5.32 Å². The van der Waals surface area contributed by atoms with Crippen LogP contribution in [0.4, 0.5) is 5.69 Å². The summed E-state index contributed by atoms with van der Waals surface area (Å²) in [5.41, 5.74) is 1.41. The van der Waals surface area contributed by atoms with Crippen LogP contribution >= 0.6 is 0 Å². The number of carbonyl (C=O) groups is 1. The number of ether oxygens (including phenoxy) is 1. The van der Waals surface area contributed by atoms with Crippen LogP contribution in [0.25, 0.3) is 0 Å². The fourth-order valence-corrected chi connectivity index (χ4v) is 4.32. The van der Waals surface area contributed by atoms with E-state index in [2.05, 4.69) is 5.32 Å². The molecule has 0 saturated carbocycles. The van der Waals surface area contributed by atoms with Crippen LogP contribution in [0.15, 0.2) is 53.4 Å². The van der Waals surface area contributed by atoms with Gasteiger partial charge in [0.25, 0.3) is 15.9 Å². The maximum absolute atomic E-state index is 13.2. The lowest BCUT2D eigenvalue weighted by molar-refractivity contribution is -0.128. The van der Waals surface area contributed by atoms with Crippen molar-refractivity contribution in [2.45, 2.75) is 44.2 Å². The van der Waals surface area contributed by atoms with E-state index in [9.17, 15) is 13.2 Å².